The fourth-order valence-corrected chi connectivity index (χ4v) is 2.02. The minimum absolute atomic E-state index is 0.384. The third-order valence-corrected chi connectivity index (χ3v) is 3.70. The van der Waals surface area contributed by atoms with Crippen LogP contribution in [0.4, 0.5) is 5.82 Å². The number of carbonyl (C=O) groups is 2. The third kappa shape index (κ3) is 3.51. The number of halogens is 1. The lowest BCUT2D eigenvalue weighted by atomic mass is 10.3. The van der Waals surface area contributed by atoms with E-state index in [-0.39, 0.29) is 0 Å². The molecule has 0 atom stereocenters. The first kappa shape index (κ1) is 14.0. The van der Waals surface area contributed by atoms with Gasteiger partial charge in [-0.1, -0.05) is 0 Å². The van der Waals surface area contributed by atoms with Gasteiger partial charge >= 0.3 is 11.8 Å². The van der Waals surface area contributed by atoms with Crippen LogP contribution in [0.2, 0.25) is 0 Å². The second-order valence-electron chi connectivity index (χ2n) is 4.26. The monoisotopic (exact) mass is 326 g/mol. The molecule has 1 saturated heterocycles. The maximum atomic E-state index is 11.9. The van der Waals surface area contributed by atoms with E-state index in [1.165, 1.54) is 4.90 Å². The van der Waals surface area contributed by atoms with Crippen LogP contribution in [-0.4, -0.2) is 47.9 Å². The van der Waals surface area contributed by atoms with Crippen LogP contribution in [0.3, 0.4) is 0 Å². The summed E-state index contributed by atoms with van der Waals surface area (Å²) >= 11 is 3.33. The molecule has 19 heavy (non-hydrogen) atoms. The van der Waals surface area contributed by atoms with Crippen LogP contribution in [0.25, 0.3) is 0 Å². The molecule has 0 aliphatic carbocycles. The number of carbonyl (C=O) groups excluding carboxylic acids is 2. The molecule has 1 aromatic rings. The van der Waals surface area contributed by atoms with Gasteiger partial charge in [-0.25, -0.2) is 4.98 Å². The molecule has 0 bridgehead atoms. The molecule has 2 heterocycles. The van der Waals surface area contributed by atoms with Crippen LogP contribution < -0.4 is 10.6 Å². The number of aryl methyl sites for hydroxylation is 1. The summed E-state index contributed by atoms with van der Waals surface area (Å²) in [5.74, 6) is -0.769. The number of nitrogens with zero attached hydrogens (tertiary/aromatic N) is 2. The van der Waals surface area contributed by atoms with Gasteiger partial charge in [-0.2, -0.15) is 0 Å². The van der Waals surface area contributed by atoms with Gasteiger partial charge in [-0.3, -0.25) is 9.59 Å². The molecule has 1 aliphatic heterocycles. The molecule has 1 aliphatic rings. The van der Waals surface area contributed by atoms with Crippen LogP contribution in [0.15, 0.2) is 16.6 Å². The van der Waals surface area contributed by atoms with Crippen molar-refractivity contribution in [2.75, 3.05) is 31.5 Å². The molecule has 2 rings (SSSR count). The largest absolute Gasteiger partial charge is 0.332 e. The molecule has 0 radical (unpaired) electrons. The van der Waals surface area contributed by atoms with Crippen LogP contribution >= 0.6 is 15.9 Å². The quantitative estimate of drug-likeness (QED) is 0.738. The molecule has 0 spiro atoms. The van der Waals surface area contributed by atoms with Crippen LogP contribution in [0.5, 0.6) is 0 Å². The summed E-state index contributed by atoms with van der Waals surface area (Å²) in [6, 6.07) is 3.44. The Morgan fingerprint density at radius 3 is 2.68 bits per heavy atom. The Labute approximate surface area is 119 Å². The number of amides is 2. The zero-order chi connectivity index (χ0) is 13.8. The van der Waals surface area contributed by atoms with Crippen molar-refractivity contribution in [3.63, 3.8) is 0 Å². The number of aromatic nitrogens is 1. The third-order valence-electron chi connectivity index (χ3n) is 2.86. The SMILES string of the molecule is Cc1nc(NC(=O)C(=O)N2CCNCC2)ccc1Br. The van der Waals surface area contributed by atoms with E-state index in [1.807, 2.05) is 6.92 Å². The van der Waals surface area contributed by atoms with Gasteiger partial charge in [0, 0.05) is 30.7 Å². The predicted octanol–water partition coefficient (Wildman–Crippen LogP) is 0.523. The highest BCUT2D eigenvalue weighted by molar-refractivity contribution is 9.10. The number of nitrogens with one attached hydrogen (secondary N) is 2. The highest BCUT2D eigenvalue weighted by Gasteiger charge is 2.23. The molecule has 2 amide bonds. The Hall–Kier alpha value is -1.47. The summed E-state index contributed by atoms with van der Waals surface area (Å²) in [4.78, 5) is 29.5. The fourth-order valence-electron chi connectivity index (χ4n) is 1.79. The summed E-state index contributed by atoms with van der Waals surface area (Å²) in [5.41, 5.74) is 0.757. The molecule has 7 heteroatoms. The van der Waals surface area contributed by atoms with Crippen molar-refractivity contribution in [3.8, 4) is 0 Å². The lowest BCUT2D eigenvalue weighted by Crippen LogP contribution is -2.49. The van der Waals surface area contributed by atoms with E-state index in [0.717, 1.165) is 10.2 Å². The lowest BCUT2D eigenvalue weighted by molar-refractivity contribution is -0.143. The van der Waals surface area contributed by atoms with E-state index in [4.69, 9.17) is 0 Å². The Bertz CT molecular complexity index is 501. The van der Waals surface area contributed by atoms with Crippen molar-refractivity contribution in [2.24, 2.45) is 0 Å². The lowest BCUT2D eigenvalue weighted by Gasteiger charge is -2.26. The molecule has 6 nitrogen and oxygen atoms in total. The summed E-state index contributed by atoms with van der Waals surface area (Å²) in [6.07, 6.45) is 0. The first-order valence-electron chi connectivity index (χ1n) is 6.02. The van der Waals surface area contributed by atoms with Gasteiger partial charge in [0.15, 0.2) is 0 Å². The second-order valence-corrected chi connectivity index (χ2v) is 5.11. The van der Waals surface area contributed by atoms with E-state index in [0.29, 0.717) is 32.0 Å². The molecule has 2 N–H and O–H groups in total. The number of rotatable bonds is 1. The smallest absolute Gasteiger partial charge is 0.315 e. The number of piperazine rings is 1. The Balaban J connectivity index is 1.99. The van der Waals surface area contributed by atoms with Gasteiger partial charge in [0.1, 0.15) is 5.82 Å². The van der Waals surface area contributed by atoms with Crippen molar-refractivity contribution >= 4 is 33.6 Å². The first-order chi connectivity index (χ1) is 9.08. The summed E-state index contributed by atoms with van der Waals surface area (Å²) in [7, 11) is 0. The van der Waals surface area contributed by atoms with E-state index in [9.17, 15) is 9.59 Å². The molecular formula is C12H15BrN4O2. The first-order valence-corrected chi connectivity index (χ1v) is 6.81. The van der Waals surface area contributed by atoms with Crippen molar-refractivity contribution in [1.82, 2.24) is 15.2 Å². The van der Waals surface area contributed by atoms with Crippen LogP contribution in [0.1, 0.15) is 5.69 Å². The normalized spacial score (nSPS) is 15.2. The van der Waals surface area contributed by atoms with Crippen molar-refractivity contribution in [3.05, 3.63) is 22.3 Å². The maximum Gasteiger partial charge on any atom is 0.315 e. The number of anilines is 1. The zero-order valence-electron chi connectivity index (χ0n) is 10.6. The summed E-state index contributed by atoms with van der Waals surface area (Å²) in [5, 5.41) is 5.65. The fraction of sp³-hybridized carbons (Fsp3) is 0.417. The molecule has 102 valence electrons. The molecule has 0 aromatic carbocycles. The van der Waals surface area contributed by atoms with Gasteiger partial charge in [0.05, 0.1) is 5.69 Å². The zero-order valence-corrected chi connectivity index (χ0v) is 12.2. The standard InChI is InChI=1S/C12H15BrN4O2/c1-8-9(13)2-3-10(15-8)16-11(18)12(19)17-6-4-14-5-7-17/h2-3,14H,4-7H2,1H3,(H,15,16,18). The van der Waals surface area contributed by atoms with Gasteiger partial charge < -0.3 is 15.5 Å². The van der Waals surface area contributed by atoms with E-state index >= 15 is 0 Å². The number of hydrogen-bond donors (Lipinski definition) is 2. The van der Waals surface area contributed by atoms with Gasteiger partial charge in [-0.05, 0) is 35.0 Å². The Kier molecular flexibility index (Phi) is 4.49. The topological polar surface area (TPSA) is 74.3 Å². The minimum atomic E-state index is -0.642. The minimum Gasteiger partial charge on any atom is -0.332 e. The van der Waals surface area contributed by atoms with Gasteiger partial charge in [0.25, 0.3) is 0 Å². The predicted molar refractivity (Wildman–Crippen MR) is 74.8 cm³/mol. The Morgan fingerprint density at radius 1 is 1.37 bits per heavy atom. The van der Waals surface area contributed by atoms with Crippen LogP contribution in [0, 0.1) is 6.92 Å². The number of hydrogen-bond acceptors (Lipinski definition) is 4. The van der Waals surface area contributed by atoms with Crippen molar-refractivity contribution < 1.29 is 9.59 Å². The molecule has 0 saturated carbocycles. The molecule has 1 aromatic heterocycles. The van der Waals surface area contributed by atoms with E-state index in [2.05, 4.69) is 31.5 Å². The van der Waals surface area contributed by atoms with Gasteiger partial charge in [-0.15, -0.1) is 0 Å². The number of pyridine rings is 1. The maximum absolute atomic E-state index is 11.9. The highest BCUT2D eigenvalue weighted by Crippen LogP contribution is 2.16. The molecular weight excluding hydrogens is 312 g/mol. The van der Waals surface area contributed by atoms with E-state index in [1.54, 1.807) is 12.1 Å². The summed E-state index contributed by atoms with van der Waals surface area (Å²) < 4.78 is 0.860. The Morgan fingerprint density at radius 2 is 2.05 bits per heavy atom. The second kappa shape index (κ2) is 6.12. The summed E-state index contributed by atoms with van der Waals surface area (Å²) in [6.45, 7) is 4.36. The van der Waals surface area contributed by atoms with Crippen LogP contribution in [-0.2, 0) is 9.59 Å². The average Bonchev–Trinajstić information content (AvgIpc) is 2.43. The van der Waals surface area contributed by atoms with Gasteiger partial charge in [0.2, 0.25) is 0 Å². The average molecular weight is 327 g/mol. The molecule has 1 fully saturated rings. The van der Waals surface area contributed by atoms with E-state index < -0.39 is 11.8 Å². The van der Waals surface area contributed by atoms with Crippen molar-refractivity contribution in [1.29, 1.82) is 0 Å². The van der Waals surface area contributed by atoms with Crippen molar-refractivity contribution in [2.45, 2.75) is 6.92 Å². The highest BCUT2D eigenvalue weighted by atomic mass is 79.9. The molecule has 0 unspecified atom stereocenters.